The van der Waals surface area contributed by atoms with Crippen LogP contribution in [-0.2, 0) is 7.05 Å². The smallest absolute Gasteiger partial charge is 0.226 e. The maximum Gasteiger partial charge on any atom is 0.226 e. The minimum Gasteiger partial charge on any atom is -0.396 e. The van der Waals surface area contributed by atoms with Crippen molar-refractivity contribution >= 4 is 5.95 Å². The van der Waals surface area contributed by atoms with Gasteiger partial charge in [0.15, 0.2) is 11.6 Å². The monoisotopic (exact) mass is 306 g/mol. The molecular weight excluding hydrogens is 287 g/mol. The van der Waals surface area contributed by atoms with Gasteiger partial charge in [-0.25, -0.2) is 24.0 Å². The number of aliphatic hydroxyl groups excluding tert-OH is 1. The summed E-state index contributed by atoms with van der Waals surface area (Å²) in [6, 6.07) is 0. The Morgan fingerprint density at radius 1 is 1.32 bits per heavy atom. The number of anilines is 1. The van der Waals surface area contributed by atoms with Crippen LogP contribution in [-0.4, -0.2) is 49.5 Å². The fourth-order valence-corrected chi connectivity index (χ4v) is 2.58. The van der Waals surface area contributed by atoms with Gasteiger partial charge in [-0.3, -0.25) is 0 Å². The third kappa shape index (κ3) is 2.66. The molecule has 2 aromatic heterocycles. The Kier molecular flexibility index (Phi) is 3.78. The van der Waals surface area contributed by atoms with Crippen molar-refractivity contribution in [2.24, 2.45) is 12.5 Å². The van der Waals surface area contributed by atoms with Crippen molar-refractivity contribution in [3.8, 4) is 11.5 Å². The number of aromatic nitrogens is 5. The van der Waals surface area contributed by atoms with Gasteiger partial charge in [0.05, 0.1) is 6.20 Å². The molecule has 3 heterocycles. The van der Waals surface area contributed by atoms with Crippen LogP contribution in [0.5, 0.6) is 0 Å². The Morgan fingerprint density at radius 2 is 2.05 bits per heavy atom. The highest BCUT2D eigenvalue weighted by Crippen LogP contribution is 2.31. The fraction of sp³-hybridized carbons (Fsp3) is 0.571. The van der Waals surface area contributed by atoms with Crippen molar-refractivity contribution < 1.29 is 9.50 Å². The molecule has 0 spiro atoms. The number of rotatable bonds is 3. The Bertz CT molecular complexity index is 665. The summed E-state index contributed by atoms with van der Waals surface area (Å²) in [6.45, 7) is 3.72. The van der Waals surface area contributed by atoms with E-state index in [1.807, 2.05) is 4.90 Å². The quantitative estimate of drug-likeness (QED) is 0.911. The van der Waals surface area contributed by atoms with Crippen LogP contribution in [0.25, 0.3) is 11.5 Å². The molecule has 0 aromatic carbocycles. The van der Waals surface area contributed by atoms with E-state index in [0.717, 1.165) is 25.9 Å². The van der Waals surface area contributed by atoms with Gasteiger partial charge in [-0.2, -0.15) is 5.10 Å². The second kappa shape index (κ2) is 5.60. The molecule has 0 radical (unpaired) electrons. The molecule has 2 aromatic rings. The molecule has 0 saturated carbocycles. The molecule has 0 unspecified atom stereocenters. The Labute approximate surface area is 127 Å². The highest BCUT2D eigenvalue weighted by molar-refractivity contribution is 5.52. The van der Waals surface area contributed by atoms with E-state index in [4.69, 9.17) is 0 Å². The lowest BCUT2D eigenvalue weighted by atomic mass is 9.81. The summed E-state index contributed by atoms with van der Waals surface area (Å²) in [5.74, 6) is 0.342. The second-order valence-electron chi connectivity index (χ2n) is 6.03. The molecular formula is C14H19FN6O. The average molecular weight is 306 g/mol. The summed E-state index contributed by atoms with van der Waals surface area (Å²) < 4.78 is 15.5. The minimum absolute atomic E-state index is 0.0526. The van der Waals surface area contributed by atoms with Crippen molar-refractivity contribution in [3.63, 3.8) is 0 Å². The topological polar surface area (TPSA) is 80.0 Å². The van der Waals surface area contributed by atoms with Gasteiger partial charge in [-0.1, -0.05) is 6.92 Å². The molecule has 22 heavy (non-hydrogen) atoms. The van der Waals surface area contributed by atoms with Gasteiger partial charge in [0.1, 0.15) is 12.0 Å². The van der Waals surface area contributed by atoms with E-state index in [1.54, 1.807) is 7.05 Å². The zero-order valence-electron chi connectivity index (χ0n) is 12.7. The highest BCUT2D eigenvalue weighted by Gasteiger charge is 2.30. The number of hydrogen-bond donors (Lipinski definition) is 1. The number of piperidine rings is 1. The molecule has 1 N–H and O–H groups in total. The first kappa shape index (κ1) is 14.8. The molecule has 0 bridgehead atoms. The minimum atomic E-state index is -0.517. The summed E-state index contributed by atoms with van der Waals surface area (Å²) in [5.41, 5.74) is 0.101. The summed E-state index contributed by atoms with van der Waals surface area (Å²) in [7, 11) is 1.69. The molecule has 118 valence electrons. The lowest BCUT2D eigenvalue weighted by molar-refractivity contribution is 0.114. The van der Waals surface area contributed by atoms with E-state index >= 15 is 0 Å². The van der Waals surface area contributed by atoms with Crippen LogP contribution in [0, 0.1) is 11.2 Å². The van der Waals surface area contributed by atoms with Crippen LogP contribution in [0.3, 0.4) is 0 Å². The molecule has 8 heteroatoms. The Hall–Kier alpha value is -2.09. The van der Waals surface area contributed by atoms with E-state index in [0.29, 0.717) is 11.8 Å². The predicted octanol–water partition coefficient (Wildman–Crippen LogP) is 1.01. The average Bonchev–Trinajstić information content (AvgIpc) is 2.95. The lowest BCUT2D eigenvalue weighted by Gasteiger charge is -2.38. The van der Waals surface area contributed by atoms with Gasteiger partial charge in [0.25, 0.3) is 0 Å². The van der Waals surface area contributed by atoms with Gasteiger partial charge >= 0.3 is 0 Å². The number of aliphatic hydroxyl groups is 1. The van der Waals surface area contributed by atoms with Crippen LogP contribution in [0.4, 0.5) is 10.3 Å². The largest absolute Gasteiger partial charge is 0.396 e. The Balaban J connectivity index is 1.86. The third-order valence-electron chi connectivity index (χ3n) is 4.29. The van der Waals surface area contributed by atoms with E-state index in [2.05, 4.69) is 27.0 Å². The molecule has 1 saturated heterocycles. The molecule has 3 rings (SSSR count). The molecule has 1 aliphatic heterocycles. The van der Waals surface area contributed by atoms with E-state index in [1.165, 1.54) is 17.2 Å². The number of halogens is 1. The molecule has 1 aliphatic rings. The first-order chi connectivity index (χ1) is 10.5. The van der Waals surface area contributed by atoms with Crippen molar-refractivity contribution in [2.45, 2.75) is 19.8 Å². The molecule has 0 aliphatic carbocycles. The van der Waals surface area contributed by atoms with Crippen LogP contribution < -0.4 is 4.90 Å². The van der Waals surface area contributed by atoms with E-state index in [-0.39, 0.29) is 17.7 Å². The van der Waals surface area contributed by atoms with E-state index in [9.17, 15) is 9.50 Å². The van der Waals surface area contributed by atoms with Crippen LogP contribution in [0.2, 0.25) is 0 Å². The van der Waals surface area contributed by atoms with Gasteiger partial charge in [0, 0.05) is 26.7 Å². The van der Waals surface area contributed by atoms with Gasteiger partial charge in [0.2, 0.25) is 5.95 Å². The SMILES string of the molecule is Cn1ncnc1-c1nc(N2CCC(C)(CO)CC2)ncc1F. The summed E-state index contributed by atoms with van der Waals surface area (Å²) in [4.78, 5) is 14.5. The summed E-state index contributed by atoms with van der Waals surface area (Å²) in [5, 5.41) is 13.4. The van der Waals surface area contributed by atoms with Gasteiger partial charge in [-0.05, 0) is 18.3 Å². The molecule has 1 fully saturated rings. The maximum absolute atomic E-state index is 14.0. The molecule has 0 amide bonds. The number of aryl methyl sites for hydroxylation is 1. The fourth-order valence-electron chi connectivity index (χ4n) is 2.58. The van der Waals surface area contributed by atoms with Crippen LogP contribution in [0.1, 0.15) is 19.8 Å². The summed E-state index contributed by atoms with van der Waals surface area (Å²) in [6.07, 6.45) is 4.24. The maximum atomic E-state index is 14.0. The first-order valence-corrected chi connectivity index (χ1v) is 7.25. The lowest BCUT2D eigenvalue weighted by Crippen LogP contribution is -2.41. The molecule has 7 nitrogen and oxygen atoms in total. The standard InChI is InChI=1S/C14H19FN6O/c1-14(8-22)3-5-21(6-4-14)13-16-7-10(15)11(19-13)12-17-9-18-20(12)2/h7,9,22H,3-6,8H2,1-2H3. The summed E-state index contributed by atoms with van der Waals surface area (Å²) >= 11 is 0. The van der Waals surface area contributed by atoms with Crippen molar-refractivity contribution in [1.82, 2.24) is 24.7 Å². The highest BCUT2D eigenvalue weighted by atomic mass is 19.1. The molecule has 0 atom stereocenters. The third-order valence-corrected chi connectivity index (χ3v) is 4.29. The van der Waals surface area contributed by atoms with E-state index < -0.39 is 5.82 Å². The van der Waals surface area contributed by atoms with Gasteiger partial charge in [-0.15, -0.1) is 0 Å². The zero-order chi connectivity index (χ0) is 15.7. The zero-order valence-corrected chi connectivity index (χ0v) is 12.7. The first-order valence-electron chi connectivity index (χ1n) is 7.25. The van der Waals surface area contributed by atoms with Crippen molar-refractivity contribution in [2.75, 3.05) is 24.6 Å². The van der Waals surface area contributed by atoms with Crippen LogP contribution in [0.15, 0.2) is 12.5 Å². The van der Waals surface area contributed by atoms with Crippen molar-refractivity contribution in [1.29, 1.82) is 0 Å². The van der Waals surface area contributed by atoms with Gasteiger partial charge < -0.3 is 10.0 Å². The Morgan fingerprint density at radius 3 is 2.64 bits per heavy atom. The van der Waals surface area contributed by atoms with Crippen molar-refractivity contribution in [3.05, 3.63) is 18.3 Å². The van der Waals surface area contributed by atoms with Crippen LogP contribution >= 0.6 is 0 Å². The predicted molar refractivity (Wildman–Crippen MR) is 78.6 cm³/mol. The second-order valence-corrected chi connectivity index (χ2v) is 6.03. The number of nitrogens with zero attached hydrogens (tertiary/aromatic N) is 6. The normalized spacial score (nSPS) is 17.7. The number of hydrogen-bond acceptors (Lipinski definition) is 6.